The minimum absolute atomic E-state index is 0.108. The molecule has 1 amide bonds. The van der Waals surface area contributed by atoms with Gasteiger partial charge >= 0.3 is 0 Å². The molecule has 1 N–H and O–H groups in total. The molecule has 112 valence electrons. The molecule has 0 bridgehead atoms. The van der Waals surface area contributed by atoms with E-state index in [2.05, 4.69) is 4.98 Å². The summed E-state index contributed by atoms with van der Waals surface area (Å²) in [7, 11) is 1.68. The van der Waals surface area contributed by atoms with Crippen LogP contribution in [0.3, 0.4) is 0 Å². The lowest BCUT2D eigenvalue weighted by atomic mass is 10.1. The third kappa shape index (κ3) is 4.03. The van der Waals surface area contributed by atoms with Crippen molar-refractivity contribution in [3.8, 4) is 10.6 Å². The summed E-state index contributed by atoms with van der Waals surface area (Å²) in [6.07, 6.45) is -0.539. The van der Waals surface area contributed by atoms with Crippen LogP contribution in [-0.4, -0.2) is 40.6 Å². The minimum Gasteiger partial charge on any atom is -0.392 e. The van der Waals surface area contributed by atoms with Crippen molar-refractivity contribution in [2.75, 3.05) is 13.6 Å². The van der Waals surface area contributed by atoms with Gasteiger partial charge in [0.15, 0.2) is 0 Å². The zero-order valence-electron chi connectivity index (χ0n) is 11.9. The van der Waals surface area contributed by atoms with E-state index in [1.165, 1.54) is 16.2 Å². The van der Waals surface area contributed by atoms with E-state index in [4.69, 9.17) is 11.6 Å². The van der Waals surface area contributed by atoms with E-state index in [9.17, 15) is 9.90 Å². The third-order valence-corrected chi connectivity index (χ3v) is 4.17. The summed E-state index contributed by atoms with van der Waals surface area (Å²) >= 11 is 7.28. The van der Waals surface area contributed by atoms with Gasteiger partial charge in [0.25, 0.3) is 5.91 Å². The van der Waals surface area contributed by atoms with Crippen LogP contribution in [0, 0.1) is 0 Å². The Morgan fingerprint density at radius 2 is 2.10 bits per heavy atom. The number of aromatic nitrogens is 1. The van der Waals surface area contributed by atoms with Crippen molar-refractivity contribution in [2.45, 2.75) is 18.9 Å². The summed E-state index contributed by atoms with van der Waals surface area (Å²) in [4.78, 5) is 18.1. The number of amides is 1. The van der Waals surface area contributed by atoms with Crippen LogP contribution in [-0.2, 0) is 5.88 Å². The lowest BCUT2D eigenvalue weighted by Crippen LogP contribution is -2.32. The number of thiazole rings is 1. The fourth-order valence-corrected chi connectivity index (χ4v) is 3.01. The van der Waals surface area contributed by atoms with E-state index in [-0.39, 0.29) is 5.91 Å². The molecule has 1 unspecified atom stereocenters. The number of aliphatic hydroxyl groups excluding tert-OH is 1. The number of carbonyl (C=O) groups is 1. The second kappa shape index (κ2) is 7.02. The number of hydrogen-bond acceptors (Lipinski definition) is 4. The lowest BCUT2D eigenvalue weighted by molar-refractivity contribution is 0.0704. The number of alkyl halides is 1. The van der Waals surface area contributed by atoms with Crippen LogP contribution in [0.2, 0.25) is 0 Å². The Morgan fingerprint density at radius 1 is 1.43 bits per heavy atom. The third-order valence-electron chi connectivity index (χ3n) is 2.95. The van der Waals surface area contributed by atoms with Crippen molar-refractivity contribution in [3.05, 3.63) is 40.9 Å². The summed E-state index contributed by atoms with van der Waals surface area (Å²) in [5.41, 5.74) is 2.41. The summed E-state index contributed by atoms with van der Waals surface area (Å²) < 4.78 is 0. The highest BCUT2D eigenvalue weighted by molar-refractivity contribution is 7.13. The molecule has 1 heterocycles. The van der Waals surface area contributed by atoms with Crippen LogP contribution in [0.5, 0.6) is 0 Å². The molecular weight excluding hydrogens is 308 g/mol. The quantitative estimate of drug-likeness (QED) is 0.860. The number of halogens is 1. The van der Waals surface area contributed by atoms with Crippen molar-refractivity contribution in [2.24, 2.45) is 0 Å². The molecule has 2 rings (SSSR count). The number of rotatable bonds is 5. The first-order chi connectivity index (χ1) is 10.0. The number of nitrogens with zero attached hydrogens (tertiary/aromatic N) is 2. The highest BCUT2D eigenvalue weighted by Gasteiger charge is 2.13. The number of aliphatic hydroxyl groups is 1. The van der Waals surface area contributed by atoms with Crippen molar-refractivity contribution in [1.82, 2.24) is 9.88 Å². The average Bonchev–Trinajstić information content (AvgIpc) is 2.95. The lowest BCUT2D eigenvalue weighted by Gasteiger charge is -2.18. The highest BCUT2D eigenvalue weighted by Crippen LogP contribution is 2.24. The fraction of sp³-hybridized carbons (Fsp3) is 0.333. The van der Waals surface area contributed by atoms with E-state index in [1.807, 2.05) is 17.5 Å². The molecule has 0 saturated carbocycles. The number of hydrogen-bond donors (Lipinski definition) is 1. The Hall–Kier alpha value is -1.43. The van der Waals surface area contributed by atoms with Crippen molar-refractivity contribution < 1.29 is 9.90 Å². The topological polar surface area (TPSA) is 53.4 Å². The van der Waals surface area contributed by atoms with Crippen LogP contribution in [0.4, 0.5) is 0 Å². The van der Waals surface area contributed by atoms with Crippen LogP contribution in [0.1, 0.15) is 23.0 Å². The number of benzene rings is 1. The van der Waals surface area contributed by atoms with Gasteiger partial charge in [0.2, 0.25) is 0 Å². The molecule has 1 atom stereocenters. The van der Waals surface area contributed by atoms with Gasteiger partial charge < -0.3 is 10.0 Å². The van der Waals surface area contributed by atoms with Crippen molar-refractivity contribution in [3.63, 3.8) is 0 Å². The van der Waals surface area contributed by atoms with Gasteiger partial charge in [-0.2, -0.15) is 0 Å². The van der Waals surface area contributed by atoms with Gasteiger partial charge in [0.05, 0.1) is 17.7 Å². The molecule has 6 heteroatoms. The molecule has 1 aromatic heterocycles. The normalized spacial score (nSPS) is 12.2. The highest BCUT2D eigenvalue weighted by atomic mass is 35.5. The smallest absolute Gasteiger partial charge is 0.253 e. The fourth-order valence-electron chi connectivity index (χ4n) is 1.96. The Bertz CT molecular complexity index is 610. The van der Waals surface area contributed by atoms with Gasteiger partial charge in [0.1, 0.15) is 5.01 Å². The Labute approximate surface area is 133 Å². The SMILES string of the molecule is CC(O)CN(C)C(=O)c1ccc(-c2nc(CCl)cs2)cc1. The molecule has 0 aliphatic heterocycles. The predicted molar refractivity (Wildman–Crippen MR) is 85.7 cm³/mol. The molecule has 4 nitrogen and oxygen atoms in total. The first-order valence-electron chi connectivity index (χ1n) is 6.55. The van der Waals surface area contributed by atoms with Crippen LogP contribution < -0.4 is 0 Å². The maximum Gasteiger partial charge on any atom is 0.253 e. The average molecular weight is 325 g/mol. The molecule has 0 spiro atoms. The predicted octanol–water partition coefficient (Wildman–Crippen LogP) is 3.00. The summed E-state index contributed by atoms with van der Waals surface area (Å²) in [5.74, 6) is 0.292. The summed E-state index contributed by atoms with van der Waals surface area (Å²) in [6, 6.07) is 7.30. The van der Waals surface area contributed by atoms with Crippen molar-refractivity contribution >= 4 is 28.8 Å². The zero-order valence-corrected chi connectivity index (χ0v) is 13.5. The molecule has 21 heavy (non-hydrogen) atoms. The van der Waals surface area contributed by atoms with Crippen LogP contribution in [0.25, 0.3) is 10.6 Å². The van der Waals surface area contributed by atoms with Gasteiger partial charge in [-0.15, -0.1) is 22.9 Å². The monoisotopic (exact) mass is 324 g/mol. The molecule has 2 aromatic rings. The van der Waals surface area contributed by atoms with E-state index in [0.717, 1.165) is 16.3 Å². The maximum absolute atomic E-state index is 12.2. The molecule has 0 fully saturated rings. The maximum atomic E-state index is 12.2. The first kappa shape index (κ1) is 15.9. The van der Waals surface area contributed by atoms with Gasteiger partial charge in [-0.25, -0.2) is 4.98 Å². The van der Waals surface area contributed by atoms with Gasteiger partial charge in [-0.3, -0.25) is 4.79 Å². The molecule has 1 aromatic carbocycles. The van der Waals surface area contributed by atoms with E-state index >= 15 is 0 Å². The molecule has 0 aliphatic carbocycles. The van der Waals surface area contributed by atoms with E-state index in [0.29, 0.717) is 18.0 Å². The Morgan fingerprint density at radius 3 is 2.62 bits per heavy atom. The van der Waals surface area contributed by atoms with Gasteiger partial charge in [-0.05, 0) is 19.1 Å². The zero-order chi connectivity index (χ0) is 15.4. The Balaban J connectivity index is 2.13. The first-order valence-corrected chi connectivity index (χ1v) is 7.97. The van der Waals surface area contributed by atoms with Crippen LogP contribution in [0.15, 0.2) is 29.6 Å². The second-order valence-electron chi connectivity index (χ2n) is 4.89. The Kier molecular flexibility index (Phi) is 5.33. The van der Waals surface area contributed by atoms with Gasteiger partial charge in [0, 0.05) is 30.1 Å². The molecular formula is C15H17ClN2O2S. The molecule has 0 radical (unpaired) electrons. The second-order valence-corrected chi connectivity index (χ2v) is 6.02. The van der Waals surface area contributed by atoms with Crippen molar-refractivity contribution in [1.29, 1.82) is 0 Å². The molecule has 0 aliphatic rings. The van der Waals surface area contributed by atoms with Crippen LogP contribution >= 0.6 is 22.9 Å². The number of likely N-dealkylation sites (N-methyl/N-ethyl adjacent to an activating group) is 1. The summed E-state index contributed by atoms with van der Waals surface area (Å²) in [6.45, 7) is 1.97. The van der Waals surface area contributed by atoms with E-state index < -0.39 is 6.10 Å². The largest absolute Gasteiger partial charge is 0.392 e. The minimum atomic E-state index is -0.539. The molecule has 0 saturated heterocycles. The summed E-state index contributed by atoms with van der Waals surface area (Å²) in [5, 5.41) is 12.1. The van der Waals surface area contributed by atoms with E-state index in [1.54, 1.807) is 26.1 Å². The number of carbonyl (C=O) groups excluding carboxylic acids is 1. The standard InChI is InChI=1S/C15H17ClN2O2S/c1-10(19)8-18(2)15(20)12-5-3-11(4-6-12)14-17-13(7-16)9-21-14/h3-6,9-10,19H,7-8H2,1-2H3. The van der Waals surface area contributed by atoms with Gasteiger partial charge in [-0.1, -0.05) is 12.1 Å².